The first-order valence-corrected chi connectivity index (χ1v) is 8.47. The molecule has 4 nitrogen and oxygen atoms in total. The van der Waals surface area contributed by atoms with Crippen molar-refractivity contribution < 1.29 is 14.3 Å². The molecule has 1 fully saturated rings. The van der Waals surface area contributed by atoms with Crippen molar-refractivity contribution in [3.63, 3.8) is 0 Å². The Balaban J connectivity index is 1.63. The lowest BCUT2D eigenvalue weighted by Crippen LogP contribution is -2.24. The topological polar surface area (TPSA) is 45.8 Å². The van der Waals surface area contributed by atoms with Crippen LogP contribution in [-0.2, 0) is 6.54 Å². The van der Waals surface area contributed by atoms with Gasteiger partial charge < -0.3 is 14.3 Å². The quantitative estimate of drug-likeness (QED) is 0.914. The van der Waals surface area contributed by atoms with Crippen LogP contribution >= 0.6 is 0 Å². The van der Waals surface area contributed by atoms with E-state index in [1.807, 2.05) is 43.3 Å². The van der Waals surface area contributed by atoms with E-state index in [1.165, 1.54) is 0 Å². The summed E-state index contributed by atoms with van der Waals surface area (Å²) in [5, 5.41) is 9.73. The van der Waals surface area contributed by atoms with E-state index in [-0.39, 0.29) is 6.10 Å². The average Bonchev–Trinajstić information content (AvgIpc) is 2.92. The minimum atomic E-state index is -0.143. The number of ether oxygens (including phenoxy) is 1. The van der Waals surface area contributed by atoms with Crippen LogP contribution in [0.15, 0.2) is 40.8 Å². The molecular weight excluding hydrogens is 290 g/mol. The summed E-state index contributed by atoms with van der Waals surface area (Å²) in [5.74, 6) is 2.74. The summed E-state index contributed by atoms with van der Waals surface area (Å²) < 4.78 is 11.5. The van der Waals surface area contributed by atoms with Gasteiger partial charge in [0.2, 0.25) is 0 Å². The third-order valence-corrected chi connectivity index (χ3v) is 4.28. The molecule has 1 saturated heterocycles. The molecule has 4 heteroatoms. The van der Waals surface area contributed by atoms with Crippen molar-refractivity contribution in [3.8, 4) is 17.1 Å². The van der Waals surface area contributed by atoms with E-state index in [1.54, 1.807) is 0 Å². The summed E-state index contributed by atoms with van der Waals surface area (Å²) in [6.07, 6.45) is 2.67. The molecule has 0 saturated carbocycles. The highest BCUT2D eigenvalue weighted by Crippen LogP contribution is 2.25. The molecule has 0 aliphatic carbocycles. The fraction of sp³-hybridized carbons (Fsp3) is 0.474. The van der Waals surface area contributed by atoms with Gasteiger partial charge >= 0.3 is 0 Å². The number of likely N-dealkylation sites (tertiary alicyclic amines) is 1. The van der Waals surface area contributed by atoms with Crippen LogP contribution in [0.25, 0.3) is 11.3 Å². The molecule has 1 N–H and O–H groups in total. The van der Waals surface area contributed by atoms with E-state index in [9.17, 15) is 5.11 Å². The Morgan fingerprint density at radius 3 is 2.74 bits per heavy atom. The van der Waals surface area contributed by atoms with E-state index in [0.717, 1.165) is 61.7 Å². The standard InChI is InChI=1S/C19H25NO3/c1-2-22-17-7-5-15(6-8-17)19-10-9-18(23-19)14-20-12-3-4-16(21)11-13-20/h5-10,16,21H,2-4,11-14H2,1H3/t16-/m1/s1. The van der Waals surface area contributed by atoms with Crippen molar-refractivity contribution in [2.75, 3.05) is 19.7 Å². The zero-order chi connectivity index (χ0) is 16.1. The second kappa shape index (κ2) is 7.66. The zero-order valence-corrected chi connectivity index (χ0v) is 13.7. The first kappa shape index (κ1) is 16.1. The number of aliphatic hydroxyl groups excluding tert-OH is 1. The van der Waals surface area contributed by atoms with Gasteiger partial charge in [0.25, 0.3) is 0 Å². The minimum absolute atomic E-state index is 0.143. The Hall–Kier alpha value is -1.78. The molecule has 0 spiro atoms. The van der Waals surface area contributed by atoms with Crippen LogP contribution in [0.2, 0.25) is 0 Å². The number of hydrogen-bond donors (Lipinski definition) is 1. The molecule has 3 rings (SSSR count). The van der Waals surface area contributed by atoms with Gasteiger partial charge in [-0.2, -0.15) is 0 Å². The van der Waals surface area contributed by atoms with Crippen LogP contribution in [0.5, 0.6) is 5.75 Å². The number of aliphatic hydroxyl groups is 1. The Morgan fingerprint density at radius 1 is 1.13 bits per heavy atom. The van der Waals surface area contributed by atoms with Crippen molar-refractivity contribution in [2.24, 2.45) is 0 Å². The lowest BCUT2D eigenvalue weighted by molar-refractivity contribution is 0.153. The first-order chi connectivity index (χ1) is 11.2. The Kier molecular flexibility index (Phi) is 5.36. The SMILES string of the molecule is CCOc1ccc(-c2ccc(CN3CCC[C@@H](O)CC3)o2)cc1. The molecule has 1 aliphatic rings. The molecule has 1 aromatic heterocycles. The number of benzene rings is 1. The van der Waals surface area contributed by atoms with E-state index < -0.39 is 0 Å². The van der Waals surface area contributed by atoms with Gasteiger partial charge in [-0.05, 0) is 69.1 Å². The van der Waals surface area contributed by atoms with Gasteiger partial charge in [0.15, 0.2) is 0 Å². The summed E-state index contributed by atoms with van der Waals surface area (Å²) in [5.41, 5.74) is 1.06. The second-order valence-electron chi connectivity index (χ2n) is 6.08. The molecule has 1 aliphatic heterocycles. The minimum Gasteiger partial charge on any atom is -0.494 e. The molecule has 0 unspecified atom stereocenters. The van der Waals surface area contributed by atoms with Crippen molar-refractivity contribution in [1.82, 2.24) is 4.90 Å². The summed E-state index contributed by atoms with van der Waals surface area (Å²) >= 11 is 0. The van der Waals surface area contributed by atoms with Crippen LogP contribution in [0.1, 0.15) is 31.9 Å². The van der Waals surface area contributed by atoms with Crippen molar-refractivity contribution in [1.29, 1.82) is 0 Å². The van der Waals surface area contributed by atoms with E-state index in [4.69, 9.17) is 9.15 Å². The fourth-order valence-corrected chi connectivity index (χ4v) is 3.02. The molecule has 0 bridgehead atoms. The Bertz CT molecular complexity index is 605. The number of hydrogen-bond acceptors (Lipinski definition) is 4. The highest BCUT2D eigenvalue weighted by molar-refractivity contribution is 5.58. The lowest BCUT2D eigenvalue weighted by atomic mass is 10.2. The normalized spacial score (nSPS) is 19.5. The van der Waals surface area contributed by atoms with E-state index >= 15 is 0 Å². The highest BCUT2D eigenvalue weighted by atomic mass is 16.5. The highest BCUT2D eigenvalue weighted by Gasteiger charge is 2.16. The van der Waals surface area contributed by atoms with Gasteiger partial charge in [0.05, 0.1) is 19.3 Å². The Labute approximate surface area is 137 Å². The van der Waals surface area contributed by atoms with Gasteiger partial charge in [-0.25, -0.2) is 0 Å². The Morgan fingerprint density at radius 2 is 1.96 bits per heavy atom. The van der Waals surface area contributed by atoms with E-state index in [2.05, 4.69) is 4.90 Å². The van der Waals surface area contributed by atoms with Gasteiger partial charge in [0.1, 0.15) is 17.3 Å². The maximum Gasteiger partial charge on any atom is 0.134 e. The van der Waals surface area contributed by atoms with Crippen molar-refractivity contribution in [2.45, 2.75) is 38.8 Å². The third-order valence-electron chi connectivity index (χ3n) is 4.28. The third kappa shape index (κ3) is 4.36. The smallest absolute Gasteiger partial charge is 0.134 e. The maximum atomic E-state index is 9.73. The average molecular weight is 315 g/mol. The molecular formula is C19H25NO3. The molecule has 1 aromatic carbocycles. The van der Waals surface area contributed by atoms with Crippen LogP contribution in [0.4, 0.5) is 0 Å². The summed E-state index contributed by atoms with van der Waals surface area (Å²) in [4.78, 5) is 2.36. The molecule has 124 valence electrons. The summed E-state index contributed by atoms with van der Waals surface area (Å²) in [7, 11) is 0. The fourth-order valence-electron chi connectivity index (χ4n) is 3.02. The lowest BCUT2D eigenvalue weighted by Gasteiger charge is -2.18. The predicted octanol–water partition coefficient (Wildman–Crippen LogP) is 3.69. The van der Waals surface area contributed by atoms with Crippen LogP contribution in [-0.4, -0.2) is 35.8 Å². The van der Waals surface area contributed by atoms with Crippen LogP contribution in [0, 0.1) is 0 Å². The van der Waals surface area contributed by atoms with Crippen molar-refractivity contribution >= 4 is 0 Å². The largest absolute Gasteiger partial charge is 0.494 e. The number of rotatable bonds is 5. The summed E-state index contributed by atoms with van der Waals surface area (Å²) in [6, 6.07) is 12.1. The zero-order valence-electron chi connectivity index (χ0n) is 13.7. The predicted molar refractivity (Wildman–Crippen MR) is 90.4 cm³/mol. The molecule has 1 atom stereocenters. The molecule has 0 radical (unpaired) electrons. The monoisotopic (exact) mass is 315 g/mol. The van der Waals surface area contributed by atoms with Crippen LogP contribution < -0.4 is 4.74 Å². The maximum absolute atomic E-state index is 9.73. The van der Waals surface area contributed by atoms with Gasteiger partial charge in [-0.15, -0.1) is 0 Å². The first-order valence-electron chi connectivity index (χ1n) is 8.47. The molecule has 23 heavy (non-hydrogen) atoms. The summed E-state index contributed by atoms with van der Waals surface area (Å²) in [6.45, 7) is 5.42. The number of nitrogens with zero attached hydrogens (tertiary/aromatic N) is 1. The van der Waals surface area contributed by atoms with Crippen LogP contribution in [0.3, 0.4) is 0 Å². The molecule has 2 heterocycles. The van der Waals surface area contributed by atoms with E-state index in [0.29, 0.717) is 6.61 Å². The number of furan rings is 1. The van der Waals surface area contributed by atoms with Crippen molar-refractivity contribution in [3.05, 3.63) is 42.2 Å². The molecule has 0 amide bonds. The van der Waals surface area contributed by atoms with Gasteiger partial charge in [0, 0.05) is 12.1 Å². The van der Waals surface area contributed by atoms with Gasteiger partial charge in [-0.1, -0.05) is 0 Å². The molecule has 2 aromatic rings. The second-order valence-corrected chi connectivity index (χ2v) is 6.08. The van der Waals surface area contributed by atoms with Gasteiger partial charge in [-0.3, -0.25) is 4.90 Å².